The molecule has 1 N–H and O–H groups in total. The smallest absolute Gasteiger partial charge is 0.234 e. The fourth-order valence-electron chi connectivity index (χ4n) is 2.27. The molecule has 1 amide bonds. The summed E-state index contributed by atoms with van der Waals surface area (Å²) in [6.07, 6.45) is 0. The summed E-state index contributed by atoms with van der Waals surface area (Å²) in [5.74, 6) is 0.922. The van der Waals surface area contributed by atoms with Gasteiger partial charge in [0.15, 0.2) is 11.0 Å². The lowest BCUT2D eigenvalue weighted by Crippen LogP contribution is -2.15. The quantitative estimate of drug-likeness (QED) is 0.704. The number of carbonyl (C=O) groups is 1. The lowest BCUT2D eigenvalue weighted by Gasteiger charge is -2.08. The summed E-state index contributed by atoms with van der Waals surface area (Å²) in [6.45, 7) is 1.96. The molecule has 0 saturated heterocycles. The van der Waals surface area contributed by atoms with Gasteiger partial charge in [-0.05, 0) is 40.3 Å². The number of sulfone groups is 1. The highest BCUT2D eigenvalue weighted by atomic mass is 32.2. The zero-order valence-electron chi connectivity index (χ0n) is 13.3. The molecule has 3 aromatic rings. The van der Waals surface area contributed by atoms with Crippen LogP contribution >= 0.6 is 11.8 Å². The van der Waals surface area contributed by atoms with Crippen molar-refractivity contribution in [3.8, 4) is 0 Å². The molecule has 0 aliphatic carbocycles. The molecule has 0 aliphatic heterocycles. The molecule has 0 fully saturated rings. The maximum absolute atomic E-state index is 12.8. The Bertz CT molecular complexity index is 1000. The van der Waals surface area contributed by atoms with Crippen LogP contribution < -0.4 is 5.32 Å². The molecule has 2 aromatic carbocycles. The average Bonchev–Trinajstić information content (AvgIpc) is 3.11. The van der Waals surface area contributed by atoms with Crippen LogP contribution in [0.4, 0.5) is 5.69 Å². The van der Waals surface area contributed by atoms with Gasteiger partial charge < -0.3 is 5.32 Å². The fourth-order valence-corrected chi connectivity index (χ4v) is 4.14. The van der Waals surface area contributed by atoms with Crippen LogP contribution in [0.15, 0.2) is 56.9 Å². The van der Waals surface area contributed by atoms with Gasteiger partial charge in [0.05, 0.1) is 16.3 Å². The molecule has 130 valence electrons. The van der Waals surface area contributed by atoms with Crippen molar-refractivity contribution in [1.82, 2.24) is 10.3 Å². The van der Waals surface area contributed by atoms with Gasteiger partial charge in [0, 0.05) is 0 Å². The number of anilines is 1. The highest BCUT2D eigenvalue weighted by Gasteiger charge is 2.24. The summed E-state index contributed by atoms with van der Waals surface area (Å²) in [7, 11) is -3.77. The summed E-state index contributed by atoms with van der Waals surface area (Å²) in [5.41, 5.74) is 0.654. The van der Waals surface area contributed by atoms with E-state index in [0.29, 0.717) is 11.4 Å². The predicted molar refractivity (Wildman–Crippen MR) is 95.3 cm³/mol. The molecule has 0 bridgehead atoms. The van der Waals surface area contributed by atoms with Crippen LogP contribution in [0.3, 0.4) is 0 Å². The van der Waals surface area contributed by atoms with Crippen molar-refractivity contribution in [2.24, 2.45) is 0 Å². The number of carbonyl (C=O) groups excluding carboxylic acids is 1. The highest BCUT2D eigenvalue weighted by Crippen LogP contribution is 2.30. The first kappa shape index (κ1) is 17.4. The van der Waals surface area contributed by atoms with Gasteiger partial charge in [-0.3, -0.25) is 4.79 Å². The van der Waals surface area contributed by atoms with Gasteiger partial charge in [0.2, 0.25) is 15.7 Å². The van der Waals surface area contributed by atoms with Crippen molar-refractivity contribution in [1.29, 1.82) is 0 Å². The summed E-state index contributed by atoms with van der Waals surface area (Å²) in [6, 6.07) is 10.9. The van der Waals surface area contributed by atoms with Gasteiger partial charge in [0.1, 0.15) is 4.90 Å². The Morgan fingerprint density at radius 3 is 2.56 bits per heavy atom. The Kier molecular flexibility index (Phi) is 5.05. The Labute approximate surface area is 148 Å². The third kappa shape index (κ3) is 3.52. The molecule has 9 heteroatoms. The fraction of sp³-hybridized carbons (Fsp3) is 0.188. The minimum atomic E-state index is -3.77. The van der Waals surface area contributed by atoms with Crippen LogP contribution in [0.1, 0.15) is 6.92 Å². The summed E-state index contributed by atoms with van der Waals surface area (Å²) < 4.78 is 30.4. The zero-order chi connectivity index (χ0) is 17.9. The maximum atomic E-state index is 12.8. The molecule has 0 unspecified atom stereocenters. The van der Waals surface area contributed by atoms with Gasteiger partial charge in [-0.2, -0.15) is 11.8 Å². The maximum Gasteiger partial charge on any atom is 0.234 e. The molecule has 1 aromatic heterocycles. The molecule has 3 rings (SSSR count). The number of thioether (sulfide) groups is 1. The first-order chi connectivity index (χ1) is 12.0. The van der Waals surface area contributed by atoms with E-state index in [2.05, 4.69) is 15.6 Å². The number of hydrogen-bond acceptors (Lipinski definition) is 7. The minimum Gasteiger partial charge on any atom is -0.323 e. The van der Waals surface area contributed by atoms with Crippen molar-refractivity contribution in [3.63, 3.8) is 0 Å². The van der Waals surface area contributed by atoms with E-state index < -0.39 is 9.84 Å². The average molecular weight is 377 g/mol. The Morgan fingerprint density at radius 2 is 1.84 bits per heavy atom. The number of amides is 1. The van der Waals surface area contributed by atoms with Crippen LogP contribution in [0.5, 0.6) is 0 Å². The molecule has 0 aliphatic rings. The number of rotatable bonds is 6. The molecule has 25 heavy (non-hydrogen) atoms. The van der Waals surface area contributed by atoms with E-state index in [1.165, 1.54) is 36.0 Å². The first-order valence-corrected chi connectivity index (χ1v) is 10.1. The number of benzene rings is 2. The minimum absolute atomic E-state index is 0.0177. The molecule has 0 radical (unpaired) electrons. The number of hydrogen-bond donors (Lipinski definition) is 1. The monoisotopic (exact) mass is 377 g/mol. The molecular formula is C16H15N3O4S2. The lowest BCUT2D eigenvalue weighted by atomic mass is 10.2. The molecule has 0 saturated carbocycles. The van der Waals surface area contributed by atoms with Crippen LogP contribution in [0.2, 0.25) is 0 Å². The van der Waals surface area contributed by atoms with Crippen LogP contribution in [0, 0.1) is 0 Å². The van der Waals surface area contributed by atoms with Crippen LogP contribution in [-0.2, 0) is 14.6 Å². The lowest BCUT2D eigenvalue weighted by molar-refractivity contribution is -0.113. The van der Waals surface area contributed by atoms with Crippen LogP contribution in [-0.4, -0.2) is 36.1 Å². The summed E-state index contributed by atoms with van der Waals surface area (Å²) in [4.78, 5) is 12.0. The zero-order valence-corrected chi connectivity index (χ0v) is 14.9. The Hall–Kier alpha value is -2.39. The van der Waals surface area contributed by atoms with E-state index in [9.17, 15) is 13.2 Å². The highest BCUT2D eigenvalue weighted by molar-refractivity contribution is 7.99. The third-order valence-corrected chi connectivity index (χ3v) is 6.11. The van der Waals surface area contributed by atoms with Crippen LogP contribution in [0.25, 0.3) is 11.0 Å². The van der Waals surface area contributed by atoms with E-state index in [1.807, 2.05) is 6.92 Å². The van der Waals surface area contributed by atoms with Crippen molar-refractivity contribution in [2.45, 2.75) is 16.7 Å². The first-order valence-electron chi connectivity index (χ1n) is 7.47. The Balaban J connectivity index is 2.02. The number of nitrogens with zero attached hydrogens (tertiary/aromatic N) is 2. The summed E-state index contributed by atoms with van der Waals surface area (Å²) >= 11 is 1.48. The van der Waals surface area contributed by atoms with Gasteiger partial charge >= 0.3 is 0 Å². The van der Waals surface area contributed by atoms with E-state index >= 15 is 0 Å². The number of nitrogens with one attached hydrogen (secondary N) is 1. The second-order valence-corrected chi connectivity index (χ2v) is 8.27. The SMILES string of the molecule is CCSCC(=O)Nc1ccc(S(=O)(=O)c2ccccc2)c2nonc12. The van der Waals surface area contributed by atoms with Gasteiger partial charge in [0.25, 0.3) is 0 Å². The van der Waals surface area contributed by atoms with Crippen molar-refractivity contribution in [2.75, 3.05) is 16.8 Å². The van der Waals surface area contributed by atoms with Gasteiger partial charge in [-0.25, -0.2) is 13.0 Å². The predicted octanol–water partition coefficient (Wildman–Crippen LogP) is 2.75. The molecular weight excluding hydrogens is 362 g/mol. The Morgan fingerprint density at radius 1 is 1.12 bits per heavy atom. The normalized spacial score (nSPS) is 11.6. The standard InChI is InChI=1S/C16H15N3O4S2/c1-2-24-10-14(20)17-12-8-9-13(16-15(12)18-23-19-16)25(21,22)11-6-4-3-5-7-11/h3-9H,2,10H2,1H3,(H,17,20). The number of fused-ring (bicyclic) bond motifs is 1. The second kappa shape index (κ2) is 7.24. The van der Waals surface area contributed by atoms with E-state index in [-0.39, 0.29) is 26.7 Å². The van der Waals surface area contributed by atoms with Gasteiger partial charge in [-0.1, -0.05) is 25.1 Å². The molecule has 0 atom stereocenters. The van der Waals surface area contributed by atoms with Crippen molar-refractivity contribution in [3.05, 3.63) is 42.5 Å². The van der Waals surface area contributed by atoms with Crippen molar-refractivity contribution >= 4 is 44.2 Å². The van der Waals surface area contributed by atoms with E-state index in [0.717, 1.165) is 5.75 Å². The summed E-state index contributed by atoms with van der Waals surface area (Å²) in [5, 5.41) is 10.2. The number of aromatic nitrogens is 2. The van der Waals surface area contributed by atoms with E-state index in [1.54, 1.807) is 18.2 Å². The second-order valence-electron chi connectivity index (χ2n) is 5.07. The molecule has 1 heterocycles. The van der Waals surface area contributed by atoms with E-state index in [4.69, 9.17) is 4.63 Å². The van der Waals surface area contributed by atoms with Crippen molar-refractivity contribution < 1.29 is 17.8 Å². The molecule has 7 nitrogen and oxygen atoms in total. The molecule has 0 spiro atoms. The van der Waals surface area contributed by atoms with Gasteiger partial charge in [-0.15, -0.1) is 0 Å². The largest absolute Gasteiger partial charge is 0.323 e. The topological polar surface area (TPSA) is 102 Å². The third-order valence-electron chi connectivity index (χ3n) is 3.43.